The van der Waals surface area contributed by atoms with Crippen LogP contribution in [0.1, 0.15) is 4.88 Å². The average molecular weight is 213 g/mol. The van der Waals surface area contributed by atoms with Gasteiger partial charge in [-0.05, 0) is 11.4 Å². The minimum Gasteiger partial charge on any atom is -0.383 e. The lowest BCUT2D eigenvalue weighted by Crippen LogP contribution is -2.32. The fourth-order valence-electron chi connectivity index (χ4n) is 1.00. The number of hydrazine groups is 1. The second-order valence-corrected chi connectivity index (χ2v) is 3.75. The Labute approximate surface area is 87.8 Å². The Bertz CT molecular complexity index is 272. The number of nitrogens with two attached hydrogens (primary N) is 1. The van der Waals surface area contributed by atoms with Gasteiger partial charge < -0.3 is 10.2 Å². The molecule has 0 fully saturated rings. The highest BCUT2D eigenvalue weighted by molar-refractivity contribution is 7.10. The van der Waals surface area contributed by atoms with Crippen LogP contribution in [0.25, 0.3) is 0 Å². The summed E-state index contributed by atoms with van der Waals surface area (Å²) >= 11 is 1.70. The van der Waals surface area contributed by atoms with E-state index in [-0.39, 0.29) is 0 Å². The number of ether oxygens (including phenoxy) is 1. The van der Waals surface area contributed by atoms with E-state index in [1.165, 1.54) is 4.88 Å². The van der Waals surface area contributed by atoms with Crippen LogP contribution < -0.4 is 11.3 Å². The molecule has 14 heavy (non-hydrogen) atoms. The van der Waals surface area contributed by atoms with Gasteiger partial charge in [0.05, 0.1) is 13.2 Å². The van der Waals surface area contributed by atoms with Gasteiger partial charge >= 0.3 is 0 Å². The molecule has 0 aliphatic carbocycles. The number of aliphatic imine (C=N–C) groups is 1. The molecule has 0 amide bonds. The van der Waals surface area contributed by atoms with Gasteiger partial charge in [0.15, 0.2) is 0 Å². The first-order chi connectivity index (χ1) is 6.86. The van der Waals surface area contributed by atoms with Crippen molar-refractivity contribution in [3.8, 4) is 0 Å². The summed E-state index contributed by atoms with van der Waals surface area (Å²) in [6.45, 7) is 1.26. The van der Waals surface area contributed by atoms with Crippen molar-refractivity contribution in [1.82, 2.24) is 5.43 Å². The summed E-state index contributed by atoms with van der Waals surface area (Å²) in [5, 5.41) is 2.04. The number of nitrogens with one attached hydrogen (secondary N) is 1. The summed E-state index contributed by atoms with van der Waals surface area (Å²) in [5.41, 5.74) is 2.60. The van der Waals surface area contributed by atoms with E-state index in [2.05, 4.69) is 16.5 Å². The van der Waals surface area contributed by atoms with Crippen LogP contribution in [-0.4, -0.2) is 26.1 Å². The van der Waals surface area contributed by atoms with Crippen molar-refractivity contribution in [3.63, 3.8) is 0 Å². The summed E-state index contributed by atoms with van der Waals surface area (Å²) in [4.78, 5) is 5.52. The molecule has 0 saturated carbocycles. The molecule has 0 spiro atoms. The number of thiophene rings is 1. The molecule has 0 bridgehead atoms. The standard InChI is InChI=1S/C9H15N3OS/c1-13-5-4-11-9(12-10)7-8-3-2-6-14-8/h2-3,6H,4-5,7,10H2,1H3,(H,11,12). The van der Waals surface area contributed by atoms with Gasteiger partial charge in [0.1, 0.15) is 5.84 Å². The highest BCUT2D eigenvalue weighted by atomic mass is 32.1. The summed E-state index contributed by atoms with van der Waals surface area (Å²) in [5.74, 6) is 6.15. The van der Waals surface area contributed by atoms with Crippen LogP contribution in [0.15, 0.2) is 22.5 Å². The van der Waals surface area contributed by atoms with Crippen molar-refractivity contribution < 1.29 is 4.74 Å². The molecule has 0 aromatic carbocycles. The van der Waals surface area contributed by atoms with Crippen LogP contribution in [-0.2, 0) is 11.2 Å². The average Bonchev–Trinajstić information content (AvgIpc) is 2.69. The first-order valence-corrected chi connectivity index (χ1v) is 5.26. The molecule has 0 unspecified atom stereocenters. The van der Waals surface area contributed by atoms with Gasteiger partial charge in [-0.1, -0.05) is 6.07 Å². The van der Waals surface area contributed by atoms with E-state index in [0.29, 0.717) is 13.2 Å². The van der Waals surface area contributed by atoms with Crippen LogP contribution in [0.5, 0.6) is 0 Å². The Morgan fingerprint density at radius 3 is 3.14 bits per heavy atom. The Hall–Kier alpha value is -0.910. The van der Waals surface area contributed by atoms with E-state index in [9.17, 15) is 0 Å². The molecule has 0 saturated heterocycles. The maximum atomic E-state index is 5.35. The molecule has 1 aromatic rings. The lowest BCUT2D eigenvalue weighted by molar-refractivity contribution is 0.208. The Morgan fingerprint density at radius 1 is 1.71 bits per heavy atom. The van der Waals surface area contributed by atoms with Crippen LogP contribution in [0.2, 0.25) is 0 Å². The summed E-state index contributed by atoms with van der Waals surface area (Å²) in [6, 6.07) is 4.08. The topological polar surface area (TPSA) is 59.6 Å². The van der Waals surface area contributed by atoms with Crippen LogP contribution >= 0.6 is 11.3 Å². The van der Waals surface area contributed by atoms with Crippen molar-refractivity contribution in [3.05, 3.63) is 22.4 Å². The van der Waals surface area contributed by atoms with E-state index < -0.39 is 0 Å². The normalized spacial score (nSPS) is 11.7. The van der Waals surface area contributed by atoms with Gasteiger partial charge in [-0.15, -0.1) is 11.3 Å². The minimum absolute atomic E-state index is 0.621. The predicted octanol–water partition coefficient (Wildman–Crippen LogP) is 0.799. The van der Waals surface area contributed by atoms with Gasteiger partial charge in [-0.3, -0.25) is 4.99 Å². The third-order valence-corrected chi connectivity index (χ3v) is 2.56. The zero-order chi connectivity index (χ0) is 10.2. The Kier molecular flexibility index (Phi) is 5.21. The molecule has 5 heteroatoms. The first-order valence-electron chi connectivity index (χ1n) is 4.38. The molecule has 0 radical (unpaired) electrons. The summed E-state index contributed by atoms with van der Waals surface area (Å²) in [7, 11) is 1.66. The molecule has 3 N–H and O–H groups in total. The molecule has 0 aliphatic heterocycles. The van der Waals surface area contributed by atoms with Crippen molar-refractivity contribution in [1.29, 1.82) is 0 Å². The second-order valence-electron chi connectivity index (χ2n) is 2.72. The SMILES string of the molecule is COCCN=C(Cc1cccs1)NN. The van der Waals surface area contributed by atoms with Gasteiger partial charge in [-0.25, -0.2) is 5.84 Å². The van der Waals surface area contributed by atoms with Gasteiger partial charge in [0.2, 0.25) is 0 Å². The molecular weight excluding hydrogens is 198 g/mol. The second kappa shape index (κ2) is 6.53. The van der Waals surface area contributed by atoms with Crippen molar-refractivity contribution in [2.75, 3.05) is 20.3 Å². The van der Waals surface area contributed by atoms with Gasteiger partial charge in [-0.2, -0.15) is 0 Å². The molecule has 1 rings (SSSR count). The monoisotopic (exact) mass is 213 g/mol. The lowest BCUT2D eigenvalue weighted by Gasteiger charge is -2.03. The molecule has 0 atom stereocenters. The molecule has 1 aromatic heterocycles. The first kappa shape index (κ1) is 11.2. The predicted molar refractivity (Wildman–Crippen MR) is 59.5 cm³/mol. The number of hydrogen-bond acceptors (Lipinski definition) is 4. The van der Waals surface area contributed by atoms with Crippen molar-refractivity contribution in [2.45, 2.75) is 6.42 Å². The molecule has 78 valence electrons. The molecule has 1 heterocycles. The van der Waals surface area contributed by atoms with Crippen LogP contribution in [0.3, 0.4) is 0 Å². The number of nitrogens with zero attached hydrogens (tertiary/aromatic N) is 1. The maximum absolute atomic E-state index is 5.35. The molecular formula is C9H15N3OS. The molecule has 4 nitrogen and oxygen atoms in total. The third-order valence-electron chi connectivity index (χ3n) is 1.69. The summed E-state index contributed by atoms with van der Waals surface area (Å²) in [6.07, 6.45) is 0.762. The Balaban J connectivity index is 2.42. The van der Waals surface area contributed by atoms with Crippen molar-refractivity contribution >= 4 is 17.2 Å². The van der Waals surface area contributed by atoms with Gasteiger partial charge in [0.25, 0.3) is 0 Å². The van der Waals surface area contributed by atoms with Crippen molar-refractivity contribution in [2.24, 2.45) is 10.8 Å². The number of rotatable bonds is 5. The third kappa shape index (κ3) is 3.87. The van der Waals surface area contributed by atoms with Gasteiger partial charge in [0, 0.05) is 18.4 Å². The zero-order valence-corrected chi connectivity index (χ0v) is 9.01. The van der Waals surface area contributed by atoms with Crippen LogP contribution in [0, 0.1) is 0 Å². The molecule has 0 aliphatic rings. The minimum atomic E-state index is 0.621. The highest BCUT2D eigenvalue weighted by Gasteiger charge is 1.99. The van der Waals surface area contributed by atoms with E-state index in [1.807, 2.05) is 11.4 Å². The van der Waals surface area contributed by atoms with E-state index in [4.69, 9.17) is 10.6 Å². The smallest absolute Gasteiger partial charge is 0.116 e. The Morgan fingerprint density at radius 2 is 2.57 bits per heavy atom. The highest BCUT2D eigenvalue weighted by Crippen LogP contribution is 2.08. The van der Waals surface area contributed by atoms with Crippen LogP contribution in [0.4, 0.5) is 0 Å². The maximum Gasteiger partial charge on any atom is 0.116 e. The number of amidine groups is 1. The largest absolute Gasteiger partial charge is 0.383 e. The summed E-state index contributed by atoms with van der Waals surface area (Å²) < 4.78 is 4.90. The van der Waals surface area contributed by atoms with E-state index in [0.717, 1.165) is 12.3 Å². The number of hydrogen-bond donors (Lipinski definition) is 2. The fourth-order valence-corrected chi connectivity index (χ4v) is 1.71. The van der Waals surface area contributed by atoms with E-state index in [1.54, 1.807) is 18.4 Å². The zero-order valence-electron chi connectivity index (χ0n) is 8.19. The lowest BCUT2D eigenvalue weighted by atomic mass is 10.3. The van der Waals surface area contributed by atoms with E-state index >= 15 is 0 Å². The fraction of sp³-hybridized carbons (Fsp3) is 0.444. The number of methoxy groups -OCH3 is 1. The quantitative estimate of drug-likeness (QED) is 0.250.